The number of anilines is 2. The summed E-state index contributed by atoms with van der Waals surface area (Å²) in [7, 11) is 0. The lowest BCUT2D eigenvalue weighted by Gasteiger charge is -2.15. The normalized spacial score (nSPS) is 11.5. The lowest BCUT2D eigenvalue weighted by molar-refractivity contribution is -0.126. The first kappa shape index (κ1) is 20.1. The van der Waals surface area contributed by atoms with E-state index in [2.05, 4.69) is 10.6 Å². The van der Waals surface area contributed by atoms with Gasteiger partial charge < -0.3 is 22.1 Å². The molecule has 0 aliphatic carbocycles. The molecule has 6 N–H and O–H groups in total. The Hall–Kier alpha value is -3.65. The number of nitrogens with one attached hydrogen (secondary N) is 2. The van der Waals surface area contributed by atoms with Crippen molar-refractivity contribution in [1.82, 2.24) is 5.32 Å². The first-order chi connectivity index (χ1) is 13.8. The van der Waals surface area contributed by atoms with Gasteiger partial charge in [0.2, 0.25) is 11.8 Å². The summed E-state index contributed by atoms with van der Waals surface area (Å²) in [6.07, 6.45) is 0. The third kappa shape index (κ3) is 4.80. The zero-order chi connectivity index (χ0) is 21.0. The van der Waals surface area contributed by atoms with Crippen LogP contribution in [0.5, 0.6) is 0 Å². The molecule has 0 bridgehead atoms. The second-order valence-electron chi connectivity index (χ2n) is 6.39. The van der Waals surface area contributed by atoms with Gasteiger partial charge in [0.1, 0.15) is 6.04 Å². The molecule has 0 spiro atoms. The molecule has 3 aromatic rings. The average molecular weight is 408 g/mol. The Morgan fingerprint density at radius 1 is 1.03 bits per heavy atom. The van der Waals surface area contributed by atoms with Crippen molar-refractivity contribution in [3.8, 4) is 10.4 Å². The lowest BCUT2D eigenvalue weighted by atomic mass is 10.0. The van der Waals surface area contributed by atoms with Gasteiger partial charge in [-0.1, -0.05) is 24.3 Å². The maximum Gasteiger partial charge on any atom is 0.255 e. The summed E-state index contributed by atoms with van der Waals surface area (Å²) in [6.45, 7) is 1.30. The van der Waals surface area contributed by atoms with Gasteiger partial charge in [0, 0.05) is 17.4 Å². The van der Waals surface area contributed by atoms with Crippen LogP contribution < -0.4 is 22.1 Å². The summed E-state index contributed by atoms with van der Waals surface area (Å²) >= 11 is 1.60. The van der Waals surface area contributed by atoms with Crippen molar-refractivity contribution in [3.63, 3.8) is 0 Å². The third-order valence-electron chi connectivity index (χ3n) is 4.25. The SMILES string of the molecule is CC(=O)NC(C(N)=O)c1ccc(C(=O)Nc2cc(-c3cccs3)ccc2N)cc1. The van der Waals surface area contributed by atoms with E-state index in [0.717, 1.165) is 10.4 Å². The van der Waals surface area contributed by atoms with Gasteiger partial charge in [-0.25, -0.2) is 0 Å². The fraction of sp³-hybridized carbons (Fsp3) is 0.0952. The van der Waals surface area contributed by atoms with Crippen LogP contribution in [0.25, 0.3) is 10.4 Å². The number of hydrogen-bond donors (Lipinski definition) is 4. The van der Waals surface area contributed by atoms with E-state index in [4.69, 9.17) is 11.5 Å². The van der Waals surface area contributed by atoms with Crippen molar-refractivity contribution in [2.24, 2.45) is 5.73 Å². The molecule has 0 saturated carbocycles. The number of rotatable bonds is 6. The second kappa shape index (κ2) is 8.57. The Morgan fingerprint density at radius 2 is 1.76 bits per heavy atom. The summed E-state index contributed by atoms with van der Waals surface area (Å²) in [5.74, 6) is -1.41. The Morgan fingerprint density at radius 3 is 2.34 bits per heavy atom. The van der Waals surface area contributed by atoms with Gasteiger partial charge in [-0.2, -0.15) is 0 Å². The standard InChI is InChI=1S/C21H20N4O3S/c1-12(26)24-19(20(23)27)13-4-6-14(7-5-13)21(28)25-17-11-15(8-9-16(17)22)18-3-2-10-29-18/h2-11,19H,22H2,1H3,(H2,23,27)(H,24,26)(H,25,28). The molecule has 7 nitrogen and oxygen atoms in total. The molecule has 0 aliphatic heterocycles. The maximum atomic E-state index is 12.6. The highest BCUT2D eigenvalue weighted by Crippen LogP contribution is 2.30. The van der Waals surface area contributed by atoms with Gasteiger partial charge in [0.25, 0.3) is 5.91 Å². The molecule has 8 heteroatoms. The van der Waals surface area contributed by atoms with Crippen LogP contribution >= 0.6 is 11.3 Å². The van der Waals surface area contributed by atoms with E-state index in [0.29, 0.717) is 22.5 Å². The van der Waals surface area contributed by atoms with Gasteiger partial charge in [-0.05, 0) is 46.8 Å². The monoisotopic (exact) mass is 408 g/mol. The minimum atomic E-state index is -0.956. The van der Waals surface area contributed by atoms with Crippen LogP contribution in [0.1, 0.15) is 28.9 Å². The topological polar surface area (TPSA) is 127 Å². The van der Waals surface area contributed by atoms with E-state index in [-0.39, 0.29) is 11.8 Å². The third-order valence-corrected chi connectivity index (χ3v) is 5.16. The number of carbonyl (C=O) groups excluding carboxylic acids is 3. The highest BCUT2D eigenvalue weighted by molar-refractivity contribution is 7.13. The molecule has 1 atom stereocenters. The number of nitrogens with two attached hydrogens (primary N) is 2. The molecule has 1 unspecified atom stereocenters. The molecule has 0 fully saturated rings. The van der Waals surface area contributed by atoms with E-state index in [1.165, 1.54) is 6.92 Å². The van der Waals surface area contributed by atoms with Crippen molar-refractivity contribution in [1.29, 1.82) is 0 Å². The van der Waals surface area contributed by atoms with Crippen LogP contribution in [-0.2, 0) is 9.59 Å². The fourth-order valence-corrected chi connectivity index (χ4v) is 3.53. The number of benzene rings is 2. The molecule has 0 aliphatic rings. The molecule has 3 amide bonds. The molecule has 148 valence electrons. The number of hydrogen-bond acceptors (Lipinski definition) is 5. The van der Waals surface area contributed by atoms with Crippen LogP contribution in [0.4, 0.5) is 11.4 Å². The number of nitrogen functional groups attached to an aromatic ring is 1. The van der Waals surface area contributed by atoms with Crippen LogP contribution in [-0.4, -0.2) is 17.7 Å². The lowest BCUT2D eigenvalue weighted by Crippen LogP contribution is -2.36. The first-order valence-corrected chi connectivity index (χ1v) is 9.64. The zero-order valence-electron chi connectivity index (χ0n) is 15.6. The molecule has 29 heavy (non-hydrogen) atoms. The van der Waals surface area contributed by atoms with E-state index >= 15 is 0 Å². The van der Waals surface area contributed by atoms with Crippen molar-refractivity contribution in [2.45, 2.75) is 13.0 Å². The maximum absolute atomic E-state index is 12.6. The predicted molar refractivity (Wildman–Crippen MR) is 114 cm³/mol. The molecule has 0 saturated heterocycles. The average Bonchev–Trinajstić information content (AvgIpc) is 3.22. The van der Waals surface area contributed by atoms with Crippen molar-refractivity contribution in [2.75, 3.05) is 11.1 Å². The van der Waals surface area contributed by atoms with Crippen molar-refractivity contribution >= 4 is 40.4 Å². The largest absolute Gasteiger partial charge is 0.397 e. The van der Waals surface area contributed by atoms with E-state index in [1.54, 1.807) is 41.7 Å². The molecule has 0 radical (unpaired) electrons. The van der Waals surface area contributed by atoms with Crippen LogP contribution in [0.2, 0.25) is 0 Å². The first-order valence-electron chi connectivity index (χ1n) is 8.76. The minimum Gasteiger partial charge on any atom is -0.397 e. The second-order valence-corrected chi connectivity index (χ2v) is 7.34. The van der Waals surface area contributed by atoms with Gasteiger partial charge in [0.05, 0.1) is 11.4 Å². The minimum absolute atomic E-state index is 0.346. The Kier molecular flexibility index (Phi) is 5.94. The summed E-state index contributed by atoms with van der Waals surface area (Å²) in [4.78, 5) is 36.5. The summed E-state index contributed by atoms with van der Waals surface area (Å²) in [5, 5.41) is 7.27. The quantitative estimate of drug-likeness (QED) is 0.468. The van der Waals surface area contributed by atoms with Crippen molar-refractivity contribution in [3.05, 3.63) is 71.1 Å². The summed E-state index contributed by atoms with van der Waals surface area (Å²) < 4.78 is 0. The Labute approximate surface area is 171 Å². The van der Waals surface area contributed by atoms with Crippen LogP contribution in [0, 0.1) is 0 Å². The summed E-state index contributed by atoms with van der Waals surface area (Å²) in [6, 6.07) is 14.7. The molecule has 1 heterocycles. The van der Waals surface area contributed by atoms with Crippen molar-refractivity contribution < 1.29 is 14.4 Å². The highest BCUT2D eigenvalue weighted by Gasteiger charge is 2.19. The molecular weight excluding hydrogens is 388 g/mol. The number of carbonyl (C=O) groups is 3. The molecular formula is C21H20N4O3S. The molecule has 1 aromatic heterocycles. The number of thiophene rings is 1. The van der Waals surface area contributed by atoms with E-state index in [1.807, 2.05) is 29.6 Å². The van der Waals surface area contributed by atoms with Gasteiger partial charge >= 0.3 is 0 Å². The number of amides is 3. The van der Waals surface area contributed by atoms with Gasteiger partial charge in [-0.3, -0.25) is 14.4 Å². The summed E-state index contributed by atoms with van der Waals surface area (Å²) in [5.41, 5.74) is 14.1. The zero-order valence-corrected chi connectivity index (χ0v) is 16.5. The smallest absolute Gasteiger partial charge is 0.255 e. The van der Waals surface area contributed by atoms with Gasteiger partial charge in [0.15, 0.2) is 0 Å². The molecule has 3 rings (SSSR count). The van der Waals surface area contributed by atoms with E-state index < -0.39 is 11.9 Å². The fourth-order valence-electron chi connectivity index (χ4n) is 2.80. The number of primary amides is 1. The van der Waals surface area contributed by atoms with Crippen LogP contribution in [0.3, 0.4) is 0 Å². The van der Waals surface area contributed by atoms with Crippen LogP contribution in [0.15, 0.2) is 60.0 Å². The Balaban J connectivity index is 1.78. The van der Waals surface area contributed by atoms with Gasteiger partial charge in [-0.15, -0.1) is 11.3 Å². The molecule has 2 aromatic carbocycles. The highest BCUT2D eigenvalue weighted by atomic mass is 32.1. The van der Waals surface area contributed by atoms with E-state index in [9.17, 15) is 14.4 Å². The predicted octanol–water partition coefficient (Wildman–Crippen LogP) is 2.91. The Bertz CT molecular complexity index is 1050.